The zero-order chi connectivity index (χ0) is 19.6. The van der Waals surface area contributed by atoms with Crippen molar-refractivity contribution in [2.45, 2.75) is 19.4 Å². The maximum absolute atomic E-state index is 11.4. The average molecular weight is 361 g/mol. The highest BCUT2D eigenvalue weighted by Crippen LogP contribution is 2.30. The second kappa shape index (κ2) is 7.40. The first kappa shape index (κ1) is 18.3. The van der Waals surface area contributed by atoms with Crippen LogP contribution in [0.2, 0.25) is 0 Å². The molecule has 1 heterocycles. The topological polar surface area (TPSA) is 111 Å². The van der Waals surface area contributed by atoms with Crippen LogP contribution in [0.4, 0.5) is 5.82 Å². The smallest absolute Gasteiger partial charge is 0.350 e. The fourth-order valence-corrected chi connectivity index (χ4v) is 2.98. The van der Waals surface area contributed by atoms with Crippen molar-refractivity contribution in [3.05, 3.63) is 81.2 Å². The van der Waals surface area contributed by atoms with Crippen LogP contribution in [-0.2, 0) is 13.5 Å². The monoisotopic (exact) mass is 361 g/mol. The van der Waals surface area contributed by atoms with Crippen molar-refractivity contribution in [2.75, 3.05) is 0 Å². The summed E-state index contributed by atoms with van der Waals surface area (Å²) in [4.78, 5) is 15.3. The Morgan fingerprint density at radius 2 is 1.85 bits per heavy atom. The van der Waals surface area contributed by atoms with Gasteiger partial charge >= 0.3 is 5.82 Å². The maximum Gasteiger partial charge on any atom is 0.350 e. The first-order chi connectivity index (χ1) is 12.9. The fourth-order valence-electron chi connectivity index (χ4n) is 2.98. The highest BCUT2D eigenvalue weighted by atomic mass is 16.6. The van der Waals surface area contributed by atoms with E-state index in [9.17, 15) is 10.1 Å². The number of aromatic nitrogens is 2. The van der Waals surface area contributed by atoms with Crippen LogP contribution in [0, 0.1) is 28.4 Å². The first-order valence-electron chi connectivity index (χ1n) is 8.43. The third-order valence-electron chi connectivity index (χ3n) is 4.61. The summed E-state index contributed by atoms with van der Waals surface area (Å²) >= 11 is 0. The molecule has 7 nitrogen and oxygen atoms in total. The lowest BCUT2D eigenvalue weighted by atomic mass is 9.98. The standard InChI is InChI=1S/C20H19N5O2/c1-13-23-19(20(24(13)2)25(26)27)17-9-3-14(4-10-17)11-18(22)16-7-5-15(12-21)6-8-16/h3-10,18H,11,22H2,1-2H3/t18-/m1/s1. The van der Waals surface area contributed by atoms with Gasteiger partial charge in [0.2, 0.25) is 0 Å². The Balaban J connectivity index is 1.81. The Morgan fingerprint density at radius 1 is 1.22 bits per heavy atom. The molecule has 0 aliphatic heterocycles. The Morgan fingerprint density at radius 3 is 2.41 bits per heavy atom. The van der Waals surface area contributed by atoms with Crippen LogP contribution in [0.5, 0.6) is 0 Å². The Labute approximate surface area is 156 Å². The molecule has 0 saturated heterocycles. The lowest BCUT2D eigenvalue weighted by Crippen LogP contribution is -2.13. The third kappa shape index (κ3) is 3.71. The van der Waals surface area contributed by atoms with Crippen LogP contribution >= 0.6 is 0 Å². The Kier molecular flexibility index (Phi) is 5.01. The summed E-state index contributed by atoms with van der Waals surface area (Å²) < 4.78 is 1.48. The highest BCUT2D eigenvalue weighted by molar-refractivity contribution is 5.68. The number of hydrogen-bond donors (Lipinski definition) is 1. The number of nitriles is 1. The summed E-state index contributed by atoms with van der Waals surface area (Å²) in [6.45, 7) is 1.74. The molecule has 3 aromatic rings. The molecular weight excluding hydrogens is 342 g/mol. The van der Waals surface area contributed by atoms with Gasteiger partial charge in [0.05, 0.1) is 18.7 Å². The molecule has 0 saturated carbocycles. The van der Waals surface area contributed by atoms with Gasteiger partial charge in [0, 0.05) is 18.5 Å². The van der Waals surface area contributed by atoms with Crippen molar-refractivity contribution < 1.29 is 4.92 Å². The van der Waals surface area contributed by atoms with Crippen LogP contribution in [0.3, 0.4) is 0 Å². The minimum absolute atomic E-state index is 0.0190. The number of nitro groups is 1. The second-order valence-electron chi connectivity index (χ2n) is 6.39. The van der Waals surface area contributed by atoms with E-state index in [1.807, 2.05) is 36.4 Å². The number of benzene rings is 2. The van der Waals surface area contributed by atoms with Gasteiger partial charge in [-0.15, -0.1) is 0 Å². The molecule has 27 heavy (non-hydrogen) atoms. The molecule has 2 aromatic carbocycles. The number of rotatable bonds is 5. The van der Waals surface area contributed by atoms with Crippen molar-refractivity contribution >= 4 is 5.82 Å². The second-order valence-corrected chi connectivity index (χ2v) is 6.39. The molecular formula is C20H19N5O2. The van der Waals surface area contributed by atoms with Crippen LogP contribution in [0.25, 0.3) is 11.3 Å². The molecule has 0 aliphatic carbocycles. The van der Waals surface area contributed by atoms with Gasteiger partial charge in [-0.2, -0.15) is 5.26 Å². The minimum Gasteiger partial charge on any atom is -0.358 e. The highest BCUT2D eigenvalue weighted by Gasteiger charge is 2.23. The summed E-state index contributed by atoms with van der Waals surface area (Å²) in [6, 6.07) is 16.6. The number of aryl methyl sites for hydroxylation is 1. The molecule has 2 N–H and O–H groups in total. The third-order valence-corrected chi connectivity index (χ3v) is 4.61. The molecule has 1 atom stereocenters. The minimum atomic E-state index is -0.413. The van der Waals surface area contributed by atoms with E-state index >= 15 is 0 Å². The zero-order valence-corrected chi connectivity index (χ0v) is 15.1. The van der Waals surface area contributed by atoms with E-state index < -0.39 is 4.92 Å². The van der Waals surface area contributed by atoms with Gasteiger partial charge in [0.25, 0.3) is 0 Å². The van der Waals surface area contributed by atoms with E-state index in [1.54, 1.807) is 26.1 Å². The van der Waals surface area contributed by atoms with Crippen molar-refractivity contribution in [3.63, 3.8) is 0 Å². The predicted octanol–water partition coefficient (Wildman–Crippen LogP) is 3.42. The van der Waals surface area contributed by atoms with Gasteiger partial charge in [-0.3, -0.25) is 0 Å². The summed E-state index contributed by atoms with van der Waals surface area (Å²) in [5.41, 5.74) is 9.90. The average Bonchev–Trinajstić information content (AvgIpc) is 2.97. The fraction of sp³-hybridized carbons (Fsp3) is 0.200. The quantitative estimate of drug-likeness (QED) is 0.553. The number of nitrogens with zero attached hydrogens (tertiary/aromatic N) is 4. The molecule has 136 valence electrons. The van der Waals surface area contributed by atoms with Crippen molar-refractivity contribution in [2.24, 2.45) is 12.8 Å². The zero-order valence-electron chi connectivity index (χ0n) is 15.1. The summed E-state index contributed by atoms with van der Waals surface area (Å²) in [6.07, 6.45) is 0.621. The maximum atomic E-state index is 11.4. The van der Waals surface area contributed by atoms with E-state index in [1.165, 1.54) is 4.57 Å². The van der Waals surface area contributed by atoms with E-state index in [2.05, 4.69) is 11.1 Å². The molecule has 0 bridgehead atoms. The molecule has 0 fully saturated rings. The van der Waals surface area contributed by atoms with Gasteiger partial charge < -0.3 is 15.8 Å². The Hall–Kier alpha value is -3.50. The van der Waals surface area contributed by atoms with Gasteiger partial charge in [-0.05, 0) is 34.6 Å². The normalized spacial score (nSPS) is 11.8. The molecule has 3 rings (SSSR count). The van der Waals surface area contributed by atoms with E-state index in [-0.39, 0.29) is 11.9 Å². The van der Waals surface area contributed by atoms with E-state index in [0.29, 0.717) is 29.1 Å². The molecule has 1 aromatic heterocycles. The van der Waals surface area contributed by atoms with Gasteiger partial charge in [0.15, 0.2) is 11.5 Å². The largest absolute Gasteiger partial charge is 0.358 e. The van der Waals surface area contributed by atoms with Crippen LogP contribution in [0.15, 0.2) is 48.5 Å². The molecule has 0 unspecified atom stereocenters. The number of hydrogen-bond acceptors (Lipinski definition) is 5. The van der Waals surface area contributed by atoms with Gasteiger partial charge in [-0.1, -0.05) is 36.4 Å². The lowest BCUT2D eigenvalue weighted by molar-refractivity contribution is -0.391. The molecule has 0 amide bonds. The summed E-state index contributed by atoms with van der Waals surface area (Å²) in [5, 5.41) is 20.2. The molecule has 0 aliphatic rings. The lowest BCUT2D eigenvalue weighted by Gasteiger charge is -2.12. The predicted molar refractivity (Wildman–Crippen MR) is 102 cm³/mol. The van der Waals surface area contributed by atoms with Crippen LogP contribution in [-0.4, -0.2) is 14.5 Å². The Bertz CT molecular complexity index is 1010. The van der Waals surface area contributed by atoms with E-state index in [0.717, 1.165) is 11.1 Å². The molecule has 0 spiro atoms. The van der Waals surface area contributed by atoms with Crippen molar-refractivity contribution in [1.82, 2.24) is 9.55 Å². The first-order valence-corrected chi connectivity index (χ1v) is 8.43. The van der Waals surface area contributed by atoms with E-state index in [4.69, 9.17) is 11.0 Å². The van der Waals surface area contributed by atoms with Crippen LogP contribution in [0.1, 0.15) is 28.6 Å². The number of imidazole rings is 1. The SMILES string of the molecule is Cc1nc(-c2ccc(C[C@@H](N)c3ccc(C#N)cc3)cc2)c([N+](=O)[O-])n1C. The van der Waals surface area contributed by atoms with Gasteiger partial charge in [-0.25, -0.2) is 9.55 Å². The summed E-state index contributed by atoms with van der Waals surface area (Å²) in [7, 11) is 1.63. The van der Waals surface area contributed by atoms with Crippen LogP contribution < -0.4 is 5.73 Å². The number of nitrogens with two attached hydrogens (primary N) is 1. The van der Waals surface area contributed by atoms with Crippen molar-refractivity contribution in [3.8, 4) is 17.3 Å². The summed E-state index contributed by atoms with van der Waals surface area (Å²) in [5.74, 6) is 0.568. The van der Waals surface area contributed by atoms with Gasteiger partial charge in [0.1, 0.15) is 0 Å². The molecule has 0 radical (unpaired) electrons. The van der Waals surface area contributed by atoms with Crippen molar-refractivity contribution in [1.29, 1.82) is 5.26 Å². The molecule has 7 heteroatoms.